The van der Waals surface area contributed by atoms with Crippen LogP contribution in [0, 0.1) is 5.82 Å². The lowest BCUT2D eigenvalue weighted by Gasteiger charge is -2.17. The van der Waals surface area contributed by atoms with Gasteiger partial charge in [0.05, 0.1) is 6.54 Å². The van der Waals surface area contributed by atoms with Gasteiger partial charge in [0.1, 0.15) is 17.3 Å². The van der Waals surface area contributed by atoms with E-state index in [1.807, 2.05) is 0 Å². The van der Waals surface area contributed by atoms with E-state index in [1.165, 1.54) is 48.5 Å². The second kappa shape index (κ2) is 7.03. The molecule has 0 spiro atoms. The van der Waals surface area contributed by atoms with Crippen molar-refractivity contribution < 1.29 is 17.6 Å². The number of hydrogen-bond acceptors (Lipinski definition) is 3. The van der Waals surface area contributed by atoms with Crippen LogP contribution in [0.3, 0.4) is 0 Å². The van der Waals surface area contributed by atoms with Crippen molar-refractivity contribution in [2.75, 3.05) is 5.73 Å². The summed E-state index contributed by atoms with van der Waals surface area (Å²) in [6, 6.07) is 11.1. The zero-order valence-corrected chi connectivity index (χ0v) is 14.4. The minimum atomic E-state index is -4.90. The molecule has 9 heteroatoms. The Morgan fingerprint density at radius 2 is 1.78 bits per heavy atom. The molecule has 27 heavy (non-hydrogen) atoms. The molecule has 0 radical (unpaired) electrons. The average molecular weight is 398 g/mol. The summed E-state index contributed by atoms with van der Waals surface area (Å²) in [7, 11) is 0. The largest absolute Gasteiger partial charge is 0.435 e. The van der Waals surface area contributed by atoms with Crippen molar-refractivity contribution in [1.82, 2.24) is 9.55 Å². The van der Waals surface area contributed by atoms with Gasteiger partial charge in [0, 0.05) is 10.6 Å². The Labute approximate surface area is 155 Å². The maximum Gasteiger partial charge on any atom is 0.435 e. The van der Waals surface area contributed by atoms with Gasteiger partial charge < -0.3 is 5.73 Å². The molecule has 0 saturated carbocycles. The number of nitrogens with two attached hydrogens (primary N) is 1. The molecule has 0 atom stereocenters. The fraction of sp³-hybridized carbons (Fsp3) is 0.111. The maximum atomic E-state index is 13.2. The second-order valence-corrected chi connectivity index (χ2v) is 6.16. The van der Waals surface area contributed by atoms with E-state index in [4.69, 9.17) is 17.3 Å². The molecule has 0 fully saturated rings. The lowest BCUT2D eigenvalue weighted by Crippen LogP contribution is -2.30. The van der Waals surface area contributed by atoms with Crippen molar-refractivity contribution in [3.63, 3.8) is 0 Å². The van der Waals surface area contributed by atoms with Gasteiger partial charge in [0.25, 0.3) is 5.56 Å². The van der Waals surface area contributed by atoms with Crippen LogP contribution in [-0.2, 0) is 12.7 Å². The SMILES string of the molecule is Nc1c(C(F)(F)F)nc(-c2cccc(Cl)c2)n(Cc2ccc(F)cc2)c1=O. The molecule has 0 aliphatic carbocycles. The van der Waals surface area contributed by atoms with Gasteiger partial charge in [-0.15, -0.1) is 0 Å². The van der Waals surface area contributed by atoms with Gasteiger partial charge >= 0.3 is 6.18 Å². The number of benzene rings is 2. The van der Waals surface area contributed by atoms with Crippen LogP contribution in [0.25, 0.3) is 11.4 Å². The summed E-state index contributed by atoms with van der Waals surface area (Å²) in [5.41, 5.74) is 2.62. The first-order valence-electron chi connectivity index (χ1n) is 7.64. The Morgan fingerprint density at radius 1 is 1.11 bits per heavy atom. The predicted molar refractivity (Wildman–Crippen MR) is 93.9 cm³/mol. The molecule has 0 saturated heterocycles. The summed E-state index contributed by atoms with van der Waals surface area (Å²) < 4.78 is 53.8. The Hall–Kier alpha value is -2.87. The Kier molecular flexibility index (Phi) is 4.93. The van der Waals surface area contributed by atoms with E-state index in [9.17, 15) is 22.4 Å². The van der Waals surface area contributed by atoms with E-state index in [0.29, 0.717) is 5.56 Å². The minimum Gasteiger partial charge on any atom is -0.392 e. The zero-order chi connectivity index (χ0) is 19.8. The molecule has 4 nitrogen and oxygen atoms in total. The highest BCUT2D eigenvalue weighted by atomic mass is 35.5. The molecule has 2 N–H and O–H groups in total. The second-order valence-electron chi connectivity index (χ2n) is 5.72. The number of halogens is 5. The van der Waals surface area contributed by atoms with Crippen LogP contribution >= 0.6 is 11.6 Å². The van der Waals surface area contributed by atoms with Crippen molar-refractivity contribution >= 4 is 17.3 Å². The van der Waals surface area contributed by atoms with E-state index in [1.54, 1.807) is 0 Å². The van der Waals surface area contributed by atoms with Crippen molar-refractivity contribution in [3.05, 3.63) is 81.0 Å². The number of aromatic nitrogens is 2. The molecule has 3 aromatic rings. The van der Waals surface area contributed by atoms with E-state index in [2.05, 4.69) is 4.98 Å². The molecule has 3 rings (SSSR count). The molecule has 140 valence electrons. The topological polar surface area (TPSA) is 60.9 Å². The number of rotatable bonds is 3. The quantitative estimate of drug-likeness (QED) is 0.668. The fourth-order valence-corrected chi connectivity index (χ4v) is 2.74. The van der Waals surface area contributed by atoms with Crippen molar-refractivity contribution in [2.24, 2.45) is 0 Å². The van der Waals surface area contributed by atoms with Crippen LogP contribution in [0.5, 0.6) is 0 Å². The third kappa shape index (κ3) is 3.95. The number of anilines is 1. The maximum absolute atomic E-state index is 13.2. The zero-order valence-electron chi connectivity index (χ0n) is 13.6. The van der Waals surface area contributed by atoms with Crippen LogP contribution < -0.4 is 11.3 Å². The Balaban J connectivity index is 2.25. The number of nitrogen functional groups attached to an aromatic ring is 1. The molecule has 1 aromatic heterocycles. The first-order valence-corrected chi connectivity index (χ1v) is 8.02. The third-order valence-electron chi connectivity index (χ3n) is 3.81. The van der Waals surface area contributed by atoms with Crippen LogP contribution in [0.1, 0.15) is 11.3 Å². The first-order chi connectivity index (χ1) is 12.7. The predicted octanol–water partition coefficient (Wildman–Crippen LogP) is 4.35. The lowest BCUT2D eigenvalue weighted by atomic mass is 10.1. The van der Waals surface area contributed by atoms with Crippen LogP contribution in [0.2, 0.25) is 5.02 Å². The fourth-order valence-electron chi connectivity index (χ4n) is 2.55. The summed E-state index contributed by atoms with van der Waals surface area (Å²) in [6.45, 7) is -0.143. The standard InChI is InChI=1S/C18H12ClF4N3O/c19-12-3-1-2-11(8-12)16-25-15(18(21,22)23)14(24)17(27)26(16)9-10-4-6-13(20)7-5-10/h1-8H,9,24H2. The van der Waals surface area contributed by atoms with Gasteiger partial charge in [-0.1, -0.05) is 35.9 Å². The van der Waals surface area contributed by atoms with Crippen molar-refractivity contribution in [1.29, 1.82) is 0 Å². The average Bonchev–Trinajstić information content (AvgIpc) is 2.60. The molecular weight excluding hydrogens is 386 g/mol. The minimum absolute atomic E-state index is 0.143. The number of nitrogens with zero attached hydrogens (tertiary/aromatic N) is 2. The third-order valence-corrected chi connectivity index (χ3v) is 4.04. The van der Waals surface area contributed by atoms with Gasteiger partial charge in [-0.3, -0.25) is 9.36 Å². The van der Waals surface area contributed by atoms with Crippen LogP contribution in [-0.4, -0.2) is 9.55 Å². The van der Waals surface area contributed by atoms with Gasteiger partial charge in [-0.05, 0) is 29.8 Å². The van der Waals surface area contributed by atoms with Crippen LogP contribution in [0.4, 0.5) is 23.2 Å². The lowest BCUT2D eigenvalue weighted by molar-refractivity contribution is -0.140. The number of hydrogen-bond donors (Lipinski definition) is 1. The molecule has 0 aliphatic rings. The summed E-state index contributed by atoms with van der Waals surface area (Å²) in [5, 5.41) is 0.264. The van der Waals surface area contributed by atoms with Gasteiger partial charge in [-0.25, -0.2) is 9.37 Å². The molecule has 2 aromatic carbocycles. The molecule has 1 heterocycles. The first kappa shape index (κ1) is 18.9. The molecular formula is C18H12ClF4N3O. The molecule has 0 bridgehead atoms. The summed E-state index contributed by atoms with van der Waals surface area (Å²) in [6.07, 6.45) is -4.90. The highest BCUT2D eigenvalue weighted by Crippen LogP contribution is 2.32. The number of alkyl halides is 3. The normalized spacial score (nSPS) is 11.6. The Bertz CT molecular complexity index is 1050. The summed E-state index contributed by atoms with van der Waals surface area (Å²) >= 11 is 5.92. The van der Waals surface area contributed by atoms with E-state index in [0.717, 1.165) is 4.57 Å². The van der Waals surface area contributed by atoms with E-state index in [-0.39, 0.29) is 23.0 Å². The van der Waals surface area contributed by atoms with Gasteiger partial charge in [0.15, 0.2) is 5.69 Å². The van der Waals surface area contributed by atoms with Crippen molar-refractivity contribution in [2.45, 2.75) is 12.7 Å². The monoisotopic (exact) mass is 397 g/mol. The molecule has 0 aliphatic heterocycles. The molecule has 0 amide bonds. The molecule has 0 unspecified atom stereocenters. The highest BCUT2D eigenvalue weighted by Gasteiger charge is 2.37. The highest BCUT2D eigenvalue weighted by molar-refractivity contribution is 6.30. The Morgan fingerprint density at radius 3 is 2.37 bits per heavy atom. The van der Waals surface area contributed by atoms with Crippen LogP contribution in [0.15, 0.2) is 53.3 Å². The summed E-state index contributed by atoms with van der Waals surface area (Å²) in [5.74, 6) is -0.723. The van der Waals surface area contributed by atoms with Gasteiger partial charge in [-0.2, -0.15) is 13.2 Å². The van der Waals surface area contributed by atoms with E-state index >= 15 is 0 Å². The van der Waals surface area contributed by atoms with E-state index < -0.39 is 28.9 Å². The summed E-state index contributed by atoms with van der Waals surface area (Å²) in [4.78, 5) is 16.2. The van der Waals surface area contributed by atoms with Crippen molar-refractivity contribution in [3.8, 4) is 11.4 Å². The van der Waals surface area contributed by atoms with Gasteiger partial charge in [0.2, 0.25) is 0 Å². The smallest absolute Gasteiger partial charge is 0.392 e.